The van der Waals surface area contributed by atoms with Crippen LogP contribution in [0.1, 0.15) is 23.1 Å². The van der Waals surface area contributed by atoms with Crippen LogP contribution in [0.15, 0.2) is 18.2 Å². The van der Waals surface area contributed by atoms with Crippen molar-refractivity contribution in [2.45, 2.75) is 26.8 Å². The summed E-state index contributed by atoms with van der Waals surface area (Å²) in [5, 5.41) is 8.51. The van der Waals surface area contributed by atoms with Gasteiger partial charge in [-0.05, 0) is 37.6 Å². The molecule has 0 N–H and O–H groups in total. The highest BCUT2D eigenvalue weighted by Gasteiger charge is 2.05. The average molecular weight is 202 g/mol. The third kappa shape index (κ3) is 3.38. The lowest BCUT2D eigenvalue weighted by Crippen LogP contribution is -2.19. The van der Waals surface area contributed by atoms with E-state index in [2.05, 4.69) is 50.1 Å². The molecule has 0 aliphatic carbocycles. The molecule has 0 bridgehead atoms. The van der Waals surface area contributed by atoms with Crippen LogP contribution in [-0.2, 0) is 6.54 Å². The Morgan fingerprint density at radius 3 is 2.40 bits per heavy atom. The smallest absolute Gasteiger partial charge is 0.0635 e. The Labute approximate surface area is 92.1 Å². The van der Waals surface area contributed by atoms with Gasteiger partial charge in [-0.1, -0.05) is 18.2 Å². The van der Waals surface area contributed by atoms with Gasteiger partial charge >= 0.3 is 0 Å². The fourth-order valence-electron chi connectivity index (χ4n) is 1.69. The SMILES string of the molecule is Cc1cccc(C)c1CN(C)CCC#N. The second kappa shape index (κ2) is 5.53. The van der Waals surface area contributed by atoms with E-state index in [-0.39, 0.29) is 0 Å². The van der Waals surface area contributed by atoms with Crippen LogP contribution >= 0.6 is 0 Å². The number of hydrogen-bond acceptors (Lipinski definition) is 2. The van der Waals surface area contributed by atoms with Gasteiger partial charge in [0.05, 0.1) is 6.07 Å². The molecule has 80 valence electrons. The molecule has 1 aromatic carbocycles. The predicted molar refractivity (Wildman–Crippen MR) is 62.5 cm³/mol. The minimum atomic E-state index is 0.599. The van der Waals surface area contributed by atoms with Crippen LogP contribution in [0.2, 0.25) is 0 Å². The molecule has 2 heteroatoms. The Hall–Kier alpha value is -1.33. The molecule has 15 heavy (non-hydrogen) atoms. The topological polar surface area (TPSA) is 27.0 Å². The van der Waals surface area contributed by atoms with E-state index in [0.717, 1.165) is 13.1 Å². The fraction of sp³-hybridized carbons (Fsp3) is 0.462. The third-order valence-corrected chi connectivity index (χ3v) is 2.68. The number of aryl methyl sites for hydroxylation is 2. The van der Waals surface area contributed by atoms with Gasteiger partial charge < -0.3 is 4.90 Å². The van der Waals surface area contributed by atoms with Crippen LogP contribution in [0.5, 0.6) is 0 Å². The number of nitrogens with zero attached hydrogens (tertiary/aromatic N) is 2. The molecule has 1 aromatic rings. The van der Waals surface area contributed by atoms with Crippen LogP contribution < -0.4 is 0 Å². The van der Waals surface area contributed by atoms with Gasteiger partial charge in [-0.25, -0.2) is 0 Å². The van der Waals surface area contributed by atoms with E-state index in [1.165, 1.54) is 16.7 Å². The second-order valence-corrected chi connectivity index (χ2v) is 4.02. The van der Waals surface area contributed by atoms with Gasteiger partial charge in [0.15, 0.2) is 0 Å². The van der Waals surface area contributed by atoms with Crippen LogP contribution in [0.3, 0.4) is 0 Å². The number of hydrogen-bond donors (Lipinski definition) is 0. The summed E-state index contributed by atoms with van der Waals surface area (Å²) in [6.07, 6.45) is 0.599. The van der Waals surface area contributed by atoms with Crippen LogP contribution in [0.4, 0.5) is 0 Å². The minimum absolute atomic E-state index is 0.599. The Morgan fingerprint density at radius 1 is 1.27 bits per heavy atom. The van der Waals surface area contributed by atoms with E-state index in [1.54, 1.807) is 0 Å². The molecule has 0 amide bonds. The molecule has 0 aromatic heterocycles. The molecule has 0 heterocycles. The summed E-state index contributed by atoms with van der Waals surface area (Å²) in [7, 11) is 2.06. The molecule has 0 saturated carbocycles. The van der Waals surface area contributed by atoms with Gasteiger partial charge in [-0.15, -0.1) is 0 Å². The first-order chi connectivity index (χ1) is 7.15. The quantitative estimate of drug-likeness (QED) is 0.750. The van der Waals surface area contributed by atoms with Crippen molar-refractivity contribution < 1.29 is 0 Å². The molecule has 0 atom stereocenters. The summed E-state index contributed by atoms with van der Waals surface area (Å²) in [6.45, 7) is 6.05. The van der Waals surface area contributed by atoms with E-state index in [4.69, 9.17) is 5.26 Å². The molecular formula is C13H18N2. The predicted octanol–water partition coefficient (Wildman–Crippen LogP) is 2.65. The van der Waals surface area contributed by atoms with E-state index in [1.807, 2.05) is 0 Å². The standard InChI is InChI=1S/C13H18N2/c1-11-6-4-7-12(2)13(11)10-15(3)9-5-8-14/h4,6-7H,5,9-10H2,1-3H3. The van der Waals surface area contributed by atoms with Crippen molar-refractivity contribution in [3.05, 3.63) is 34.9 Å². The van der Waals surface area contributed by atoms with Gasteiger partial charge in [0, 0.05) is 19.5 Å². The van der Waals surface area contributed by atoms with E-state index in [9.17, 15) is 0 Å². The van der Waals surface area contributed by atoms with Crippen molar-refractivity contribution in [3.8, 4) is 6.07 Å². The van der Waals surface area contributed by atoms with Gasteiger partial charge in [0.1, 0.15) is 0 Å². The maximum atomic E-state index is 8.51. The fourth-order valence-corrected chi connectivity index (χ4v) is 1.69. The van der Waals surface area contributed by atoms with Crippen molar-refractivity contribution in [2.24, 2.45) is 0 Å². The summed E-state index contributed by atoms with van der Waals surface area (Å²) in [5.74, 6) is 0. The highest BCUT2D eigenvalue weighted by molar-refractivity contribution is 5.33. The van der Waals surface area contributed by atoms with Gasteiger partial charge in [0.25, 0.3) is 0 Å². The van der Waals surface area contributed by atoms with E-state index < -0.39 is 0 Å². The molecule has 2 nitrogen and oxygen atoms in total. The normalized spacial score (nSPS) is 10.3. The Balaban J connectivity index is 2.68. The van der Waals surface area contributed by atoms with E-state index in [0.29, 0.717) is 6.42 Å². The molecular weight excluding hydrogens is 184 g/mol. The Morgan fingerprint density at radius 2 is 1.87 bits per heavy atom. The minimum Gasteiger partial charge on any atom is -0.301 e. The second-order valence-electron chi connectivity index (χ2n) is 4.02. The Bertz CT molecular complexity index is 343. The number of rotatable bonds is 4. The van der Waals surface area contributed by atoms with Crippen molar-refractivity contribution in [1.82, 2.24) is 4.90 Å². The van der Waals surface area contributed by atoms with Crippen LogP contribution in [0, 0.1) is 25.2 Å². The largest absolute Gasteiger partial charge is 0.301 e. The van der Waals surface area contributed by atoms with Crippen LogP contribution in [0.25, 0.3) is 0 Å². The molecule has 0 saturated heterocycles. The van der Waals surface area contributed by atoms with Gasteiger partial charge in [-0.2, -0.15) is 5.26 Å². The van der Waals surface area contributed by atoms with Gasteiger partial charge in [-0.3, -0.25) is 0 Å². The lowest BCUT2D eigenvalue weighted by Gasteiger charge is -2.18. The zero-order valence-corrected chi connectivity index (χ0v) is 9.75. The molecule has 0 fully saturated rings. The first-order valence-electron chi connectivity index (χ1n) is 5.25. The van der Waals surface area contributed by atoms with Crippen molar-refractivity contribution in [1.29, 1.82) is 5.26 Å². The summed E-state index contributed by atoms with van der Waals surface area (Å²) in [4.78, 5) is 2.19. The van der Waals surface area contributed by atoms with Crippen molar-refractivity contribution in [2.75, 3.05) is 13.6 Å². The monoisotopic (exact) mass is 202 g/mol. The summed E-state index contributed by atoms with van der Waals surface area (Å²) in [5.41, 5.74) is 4.05. The summed E-state index contributed by atoms with van der Waals surface area (Å²) < 4.78 is 0. The maximum Gasteiger partial charge on any atom is 0.0635 e. The Kier molecular flexibility index (Phi) is 4.33. The molecule has 0 radical (unpaired) electrons. The highest BCUT2D eigenvalue weighted by atomic mass is 15.1. The van der Waals surface area contributed by atoms with Crippen LogP contribution in [-0.4, -0.2) is 18.5 Å². The van der Waals surface area contributed by atoms with E-state index >= 15 is 0 Å². The van der Waals surface area contributed by atoms with Crippen molar-refractivity contribution in [3.63, 3.8) is 0 Å². The lowest BCUT2D eigenvalue weighted by molar-refractivity contribution is 0.333. The van der Waals surface area contributed by atoms with Gasteiger partial charge in [0.2, 0.25) is 0 Å². The molecule has 0 aliphatic rings. The third-order valence-electron chi connectivity index (χ3n) is 2.68. The first-order valence-corrected chi connectivity index (χ1v) is 5.25. The summed E-state index contributed by atoms with van der Waals surface area (Å²) in [6, 6.07) is 8.54. The number of benzene rings is 1. The highest BCUT2D eigenvalue weighted by Crippen LogP contribution is 2.14. The van der Waals surface area contributed by atoms with Crippen molar-refractivity contribution >= 4 is 0 Å². The molecule has 0 spiro atoms. The molecule has 0 aliphatic heterocycles. The maximum absolute atomic E-state index is 8.51. The summed E-state index contributed by atoms with van der Waals surface area (Å²) >= 11 is 0. The zero-order valence-electron chi connectivity index (χ0n) is 9.75. The number of nitriles is 1. The first kappa shape index (κ1) is 11.7. The zero-order chi connectivity index (χ0) is 11.3. The average Bonchev–Trinajstić information content (AvgIpc) is 2.21. The molecule has 0 unspecified atom stereocenters. The lowest BCUT2D eigenvalue weighted by atomic mass is 10.0. The molecule has 1 rings (SSSR count).